The molecule has 0 fully saturated rings. The first-order chi connectivity index (χ1) is 6.79. The summed E-state index contributed by atoms with van der Waals surface area (Å²) in [7, 11) is 0. The Labute approximate surface area is 91.7 Å². The Kier molecular flexibility index (Phi) is 2.55. The molecule has 0 spiro atoms. The zero-order valence-electron chi connectivity index (χ0n) is 7.57. The van der Waals surface area contributed by atoms with Crippen molar-refractivity contribution < 1.29 is 0 Å². The lowest BCUT2D eigenvalue weighted by Crippen LogP contribution is -1.90. The first-order valence-electron chi connectivity index (χ1n) is 4.38. The fraction of sp³-hybridized carbons (Fsp3) is 0. The third kappa shape index (κ3) is 1.66. The van der Waals surface area contributed by atoms with Gasteiger partial charge in [-0.05, 0) is 27.6 Å². The van der Waals surface area contributed by atoms with E-state index in [0.29, 0.717) is 0 Å². The molecule has 0 atom stereocenters. The van der Waals surface area contributed by atoms with Crippen molar-refractivity contribution in [3.63, 3.8) is 0 Å². The first kappa shape index (κ1) is 9.28. The van der Waals surface area contributed by atoms with Gasteiger partial charge in [0.1, 0.15) is 0 Å². The fourth-order valence-corrected chi connectivity index (χ4v) is 1.77. The molecule has 1 nitrogen and oxygen atoms in total. The maximum atomic E-state index is 5.97. The second-order valence-electron chi connectivity index (χ2n) is 3.07. The molecule has 0 aliphatic carbocycles. The molecule has 2 heteroatoms. The van der Waals surface area contributed by atoms with Gasteiger partial charge in [-0.25, -0.2) is 0 Å². The molecule has 0 aromatic heterocycles. The summed E-state index contributed by atoms with van der Waals surface area (Å²) in [4.78, 5) is 0. The topological polar surface area (TPSA) is 26.0 Å². The van der Waals surface area contributed by atoms with Crippen molar-refractivity contribution in [2.75, 3.05) is 5.73 Å². The molecule has 0 saturated carbocycles. The van der Waals surface area contributed by atoms with Crippen LogP contribution in [0.1, 0.15) is 0 Å². The number of para-hydroxylation sites is 1. The third-order valence-electron chi connectivity index (χ3n) is 2.14. The second-order valence-corrected chi connectivity index (χ2v) is 3.92. The summed E-state index contributed by atoms with van der Waals surface area (Å²) in [6.07, 6.45) is 0. The molecule has 0 aliphatic rings. The smallest absolute Gasteiger partial charge is 0.0538 e. The van der Waals surface area contributed by atoms with Crippen LogP contribution in [0.25, 0.3) is 11.1 Å². The zero-order valence-corrected chi connectivity index (χ0v) is 9.16. The number of anilines is 1. The van der Waals surface area contributed by atoms with E-state index in [4.69, 9.17) is 5.73 Å². The number of nitrogens with two attached hydrogens (primary N) is 1. The molecular formula is C12H10BrN. The molecule has 0 heterocycles. The molecule has 14 heavy (non-hydrogen) atoms. The van der Waals surface area contributed by atoms with Crippen molar-refractivity contribution >= 4 is 21.6 Å². The number of benzene rings is 2. The number of hydrogen-bond donors (Lipinski definition) is 1. The van der Waals surface area contributed by atoms with Crippen LogP contribution in [0.5, 0.6) is 0 Å². The van der Waals surface area contributed by atoms with Crippen LogP contribution >= 0.6 is 15.9 Å². The van der Waals surface area contributed by atoms with Crippen molar-refractivity contribution in [2.45, 2.75) is 0 Å². The molecule has 0 amide bonds. The minimum absolute atomic E-state index is 0.790. The van der Waals surface area contributed by atoms with Gasteiger partial charge < -0.3 is 5.73 Å². The summed E-state index contributed by atoms with van der Waals surface area (Å²) >= 11 is 3.42. The summed E-state index contributed by atoms with van der Waals surface area (Å²) in [6.45, 7) is 0. The molecule has 70 valence electrons. The molecule has 2 aromatic rings. The monoisotopic (exact) mass is 247 g/mol. The number of hydrogen-bond acceptors (Lipinski definition) is 1. The van der Waals surface area contributed by atoms with Crippen molar-refractivity contribution in [2.24, 2.45) is 0 Å². The highest BCUT2D eigenvalue weighted by atomic mass is 79.9. The van der Waals surface area contributed by atoms with Crippen molar-refractivity contribution in [3.05, 3.63) is 53.0 Å². The van der Waals surface area contributed by atoms with Crippen LogP contribution in [0.4, 0.5) is 5.69 Å². The van der Waals surface area contributed by atoms with E-state index < -0.39 is 0 Å². The van der Waals surface area contributed by atoms with Gasteiger partial charge in [-0.1, -0.05) is 42.5 Å². The maximum absolute atomic E-state index is 5.97. The number of halogens is 1. The first-order valence-corrected chi connectivity index (χ1v) is 5.18. The van der Waals surface area contributed by atoms with Crippen molar-refractivity contribution in [1.29, 1.82) is 0 Å². The van der Waals surface area contributed by atoms with E-state index in [9.17, 15) is 0 Å². The molecule has 0 aliphatic heterocycles. The van der Waals surface area contributed by atoms with Gasteiger partial charge in [-0.15, -0.1) is 0 Å². The Morgan fingerprint density at radius 2 is 1.57 bits per heavy atom. The van der Waals surface area contributed by atoms with Crippen molar-refractivity contribution in [1.82, 2.24) is 0 Å². The normalized spacial score (nSPS) is 10.1. The standard InChI is InChI=1S/C12H10BrN/c13-11-8-4-7-10(12(11)14)9-5-2-1-3-6-9/h1-8H,14H2. The number of nitrogen functional groups attached to an aromatic ring is 1. The van der Waals surface area contributed by atoms with E-state index in [1.165, 1.54) is 0 Å². The van der Waals surface area contributed by atoms with Gasteiger partial charge in [0.05, 0.1) is 5.69 Å². The lowest BCUT2D eigenvalue weighted by atomic mass is 10.0. The molecule has 0 radical (unpaired) electrons. The van der Waals surface area contributed by atoms with Gasteiger partial charge in [0.2, 0.25) is 0 Å². The van der Waals surface area contributed by atoms with Crippen LogP contribution in [0.3, 0.4) is 0 Å². The van der Waals surface area contributed by atoms with E-state index >= 15 is 0 Å². The zero-order chi connectivity index (χ0) is 9.97. The van der Waals surface area contributed by atoms with E-state index in [1.54, 1.807) is 0 Å². The lowest BCUT2D eigenvalue weighted by molar-refractivity contribution is 1.58. The van der Waals surface area contributed by atoms with E-state index in [-0.39, 0.29) is 0 Å². The summed E-state index contributed by atoms with van der Waals surface area (Å²) in [5, 5.41) is 0. The Morgan fingerprint density at radius 3 is 2.29 bits per heavy atom. The number of rotatable bonds is 1. The quantitative estimate of drug-likeness (QED) is 0.765. The molecular weight excluding hydrogens is 238 g/mol. The largest absolute Gasteiger partial charge is 0.397 e. The highest BCUT2D eigenvalue weighted by molar-refractivity contribution is 9.10. The Hall–Kier alpha value is -1.28. The van der Waals surface area contributed by atoms with Gasteiger partial charge in [-0.2, -0.15) is 0 Å². The Bertz CT molecular complexity index is 437. The van der Waals surface area contributed by atoms with Crippen LogP contribution in [0.15, 0.2) is 53.0 Å². The highest BCUT2D eigenvalue weighted by Gasteiger charge is 2.03. The summed E-state index contributed by atoms with van der Waals surface area (Å²) in [6, 6.07) is 16.1. The highest BCUT2D eigenvalue weighted by Crippen LogP contribution is 2.31. The summed E-state index contributed by atoms with van der Waals surface area (Å²) < 4.78 is 0.943. The van der Waals surface area contributed by atoms with Gasteiger partial charge in [0, 0.05) is 10.0 Å². The van der Waals surface area contributed by atoms with Crippen LogP contribution in [-0.4, -0.2) is 0 Å². The molecule has 0 bridgehead atoms. The average molecular weight is 248 g/mol. The van der Waals surface area contributed by atoms with Crippen LogP contribution in [0.2, 0.25) is 0 Å². The van der Waals surface area contributed by atoms with E-state index in [2.05, 4.69) is 28.1 Å². The van der Waals surface area contributed by atoms with Gasteiger partial charge in [0.15, 0.2) is 0 Å². The van der Waals surface area contributed by atoms with Gasteiger partial charge in [-0.3, -0.25) is 0 Å². The SMILES string of the molecule is Nc1c(Br)cccc1-c1ccccc1. The molecule has 2 N–H and O–H groups in total. The van der Waals surface area contributed by atoms with Gasteiger partial charge >= 0.3 is 0 Å². The molecule has 0 saturated heterocycles. The average Bonchev–Trinajstić information content (AvgIpc) is 2.23. The Morgan fingerprint density at radius 1 is 0.857 bits per heavy atom. The predicted octanol–water partition coefficient (Wildman–Crippen LogP) is 3.70. The van der Waals surface area contributed by atoms with E-state index in [1.807, 2.05) is 36.4 Å². The van der Waals surface area contributed by atoms with Crippen LogP contribution in [-0.2, 0) is 0 Å². The second kappa shape index (κ2) is 3.84. The third-order valence-corrected chi connectivity index (χ3v) is 2.83. The predicted molar refractivity (Wildman–Crippen MR) is 64.0 cm³/mol. The summed E-state index contributed by atoms with van der Waals surface area (Å²) in [5.41, 5.74) is 8.97. The van der Waals surface area contributed by atoms with Gasteiger partial charge in [0.25, 0.3) is 0 Å². The fourth-order valence-electron chi connectivity index (χ4n) is 1.41. The molecule has 0 unspecified atom stereocenters. The minimum atomic E-state index is 0.790. The van der Waals surface area contributed by atoms with Crippen molar-refractivity contribution in [3.8, 4) is 11.1 Å². The van der Waals surface area contributed by atoms with Crippen LogP contribution in [0, 0.1) is 0 Å². The summed E-state index contributed by atoms with van der Waals surface area (Å²) in [5.74, 6) is 0. The molecule has 2 aromatic carbocycles. The minimum Gasteiger partial charge on any atom is -0.397 e. The Balaban J connectivity index is 2.58. The maximum Gasteiger partial charge on any atom is 0.0538 e. The van der Waals surface area contributed by atoms with E-state index in [0.717, 1.165) is 21.3 Å². The molecule has 2 rings (SSSR count). The van der Waals surface area contributed by atoms with Crippen LogP contribution < -0.4 is 5.73 Å². The lowest BCUT2D eigenvalue weighted by Gasteiger charge is -2.06.